The van der Waals surface area contributed by atoms with Gasteiger partial charge in [0, 0.05) is 5.69 Å². The molecule has 37 heavy (non-hydrogen) atoms. The van der Waals surface area contributed by atoms with Crippen LogP contribution in [0, 0.1) is 13.8 Å². The van der Waals surface area contributed by atoms with Crippen molar-refractivity contribution in [2.45, 2.75) is 26.8 Å². The number of nitrogens with one attached hydrogen (secondary N) is 1. The molecule has 0 fully saturated rings. The van der Waals surface area contributed by atoms with E-state index in [0.717, 1.165) is 27.9 Å². The fourth-order valence-corrected chi connectivity index (χ4v) is 4.37. The van der Waals surface area contributed by atoms with Gasteiger partial charge in [0.15, 0.2) is 0 Å². The molecule has 6 nitrogen and oxygen atoms in total. The smallest absolute Gasteiger partial charge is 0.326 e. The number of anilines is 1. The number of aromatic nitrogens is 2. The summed E-state index contributed by atoms with van der Waals surface area (Å²) >= 11 is 0. The van der Waals surface area contributed by atoms with Crippen LogP contribution in [0.5, 0.6) is 0 Å². The molecule has 0 atom stereocenters. The number of carbonyl (C=O) groups is 1. The highest BCUT2D eigenvalue weighted by atomic mass is 16.2. The molecule has 0 spiro atoms. The second-order valence-corrected chi connectivity index (χ2v) is 9.27. The first-order chi connectivity index (χ1) is 17.9. The van der Waals surface area contributed by atoms with Crippen molar-refractivity contribution in [3.63, 3.8) is 0 Å². The number of carbonyl (C=O) groups excluding carboxylic acids is 1. The van der Waals surface area contributed by atoms with Gasteiger partial charge in [-0.15, -0.1) is 0 Å². The summed E-state index contributed by atoms with van der Waals surface area (Å²) in [7, 11) is 0. The third kappa shape index (κ3) is 5.14. The third-order valence-electron chi connectivity index (χ3n) is 6.41. The lowest BCUT2D eigenvalue weighted by atomic mass is 10.1. The summed E-state index contributed by atoms with van der Waals surface area (Å²) < 4.78 is 2.83. The van der Waals surface area contributed by atoms with Crippen molar-refractivity contribution >= 4 is 22.5 Å². The normalized spacial score (nSPS) is 11.0. The Balaban J connectivity index is 1.47. The molecule has 0 unspecified atom stereocenters. The molecule has 1 heterocycles. The van der Waals surface area contributed by atoms with E-state index in [9.17, 15) is 14.4 Å². The molecule has 4 aromatic carbocycles. The number of para-hydroxylation sites is 1. The molecule has 0 aliphatic heterocycles. The summed E-state index contributed by atoms with van der Waals surface area (Å²) in [5.41, 5.74) is 5.03. The predicted molar refractivity (Wildman–Crippen MR) is 148 cm³/mol. The van der Waals surface area contributed by atoms with Crippen LogP contribution in [0.15, 0.2) is 107 Å². The second kappa shape index (κ2) is 10.1. The van der Waals surface area contributed by atoms with E-state index < -0.39 is 5.69 Å². The topological polar surface area (TPSA) is 73.1 Å². The SMILES string of the molecule is Cc1ccc(Cn2c(=O)n(-c3ccc(CC(=O)Nc4ccc(C)cc4)cc3)c(=O)c3ccccc32)cc1. The monoisotopic (exact) mass is 489 g/mol. The lowest BCUT2D eigenvalue weighted by molar-refractivity contribution is -0.115. The number of hydrogen-bond donors (Lipinski definition) is 1. The number of amides is 1. The second-order valence-electron chi connectivity index (χ2n) is 9.27. The van der Waals surface area contributed by atoms with Crippen molar-refractivity contribution in [2.75, 3.05) is 5.32 Å². The van der Waals surface area contributed by atoms with Gasteiger partial charge in [-0.3, -0.25) is 14.2 Å². The molecule has 5 rings (SSSR count). The molecule has 0 bridgehead atoms. The van der Waals surface area contributed by atoms with Crippen molar-refractivity contribution in [2.24, 2.45) is 0 Å². The van der Waals surface area contributed by atoms with E-state index in [-0.39, 0.29) is 17.9 Å². The van der Waals surface area contributed by atoms with Gasteiger partial charge in [-0.05, 0) is 61.4 Å². The van der Waals surface area contributed by atoms with E-state index in [1.54, 1.807) is 47.0 Å². The fourth-order valence-electron chi connectivity index (χ4n) is 4.37. The molecule has 184 valence electrons. The van der Waals surface area contributed by atoms with Crippen molar-refractivity contribution in [3.05, 3.63) is 140 Å². The van der Waals surface area contributed by atoms with E-state index in [0.29, 0.717) is 23.1 Å². The van der Waals surface area contributed by atoms with Gasteiger partial charge in [0.1, 0.15) is 0 Å². The van der Waals surface area contributed by atoms with Crippen LogP contribution in [0.2, 0.25) is 0 Å². The van der Waals surface area contributed by atoms with Crippen LogP contribution in [-0.4, -0.2) is 15.0 Å². The molecule has 0 aliphatic rings. The van der Waals surface area contributed by atoms with Crippen LogP contribution >= 0.6 is 0 Å². The quantitative estimate of drug-likeness (QED) is 0.365. The van der Waals surface area contributed by atoms with Crippen LogP contribution in [0.3, 0.4) is 0 Å². The summed E-state index contributed by atoms with van der Waals surface area (Å²) in [4.78, 5) is 39.5. The Morgan fingerprint density at radius 1 is 0.730 bits per heavy atom. The Bertz CT molecular complexity index is 1700. The minimum atomic E-state index is -0.408. The van der Waals surface area contributed by atoms with Crippen molar-refractivity contribution in [1.29, 1.82) is 0 Å². The molecule has 1 aromatic heterocycles. The zero-order valence-electron chi connectivity index (χ0n) is 20.8. The van der Waals surface area contributed by atoms with Crippen LogP contribution < -0.4 is 16.6 Å². The standard InChI is InChI=1S/C31H27N3O3/c1-21-7-11-24(12-8-21)20-33-28-6-4-3-5-27(28)30(36)34(31(33)37)26-17-13-23(14-18-26)19-29(35)32-25-15-9-22(2)10-16-25/h3-18H,19-20H2,1-2H3,(H,32,35). The van der Waals surface area contributed by atoms with Gasteiger partial charge in [-0.25, -0.2) is 9.36 Å². The highest BCUT2D eigenvalue weighted by Gasteiger charge is 2.15. The Hall–Kier alpha value is -4.71. The molecule has 0 aliphatic carbocycles. The summed E-state index contributed by atoms with van der Waals surface area (Å²) in [6.07, 6.45) is 0.179. The summed E-state index contributed by atoms with van der Waals surface area (Å²) in [5.74, 6) is -0.139. The maximum atomic E-state index is 13.6. The number of hydrogen-bond acceptors (Lipinski definition) is 3. The Morgan fingerprint density at radius 3 is 2.00 bits per heavy atom. The van der Waals surface area contributed by atoms with Crippen LogP contribution in [0.25, 0.3) is 16.6 Å². The number of aryl methyl sites for hydroxylation is 2. The lowest BCUT2D eigenvalue weighted by Crippen LogP contribution is -2.39. The van der Waals surface area contributed by atoms with E-state index in [2.05, 4.69) is 5.32 Å². The van der Waals surface area contributed by atoms with E-state index in [1.165, 1.54) is 4.57 Å². The minimum Gasteiger partial charge on any atom is -0.326 e. The number of nitrogens with zero attached hydrogens (tertiary/aromatic N) is 2. The summed E-state index contributed by atoms with van der Waals surface area (Å²) in [6, 6.07) is 29.7. The molecular formula is C31H27N3O3. The van der Waals surface area contributed by atoms with Gasteiger partial charge in [-0.1, -0.05) is 71.8 Å². The average molecular weight is 490 g/mol. The van der Waals surface area contributed by atoms with Gasteiger partial charge in [-0.2, -0.15) is 0 Å². The molecule has 0 saturated carbocycles. The Labute approximate surface area is 214 Å². The minimum absolute atomic E-state index is 0.139. The molecular weight excluding hydrogens is 462 g/mol. The Kier molecular flexibility index (Phi) is 6.56. The van der Waals surface area contributed by atoms with Crippen LogP contribution in [-0.2, 0) is 17.8 Å². The van der Waals surface area contributed by atoms with E-state index in [1.807, 2.05) is 68.4 Å². The maximum Gasteiger partial charge on any atom is 0.336 e. The van der Waals surface area contributed by atoms with Gasteiger partial charge < -0.3 is 5.32 Å². The van der Waals surface area contributed by atoms with Crippen molar-refractivity contribution < 1.29 is 4.79 Å². The first-order valence-electron chi connectivity index (χ1n) is 12.1. The number of rotatable bonds is 6. The Morgan fingerprint density at radius 2 is 1.32 bits per heavy atom. The largest absolute Gasteiger partial charge is 0.336 e. The first kappa shape index (κ1) is 24.0. The number of benzene rings is 4. The fraction of sp³-hybridized carbons (Fsp3) is 0.129. The highest BCUT2D eigenvalue weighted by Crippen LogP contribution is 2.15. The van der Waals surface area contributed by atoms with Gasteiger partial charge in [0.05, 0.1) is 29.6 Å². The average Bonchev–Trinajstić information content (AvgIpc) is 2.90. The first-order valence-corrected chi connectivity index (χ1v) is 12.1. The van der Waals surface area contributed by atoms with Crippen molar-refractivity contribution in [3.8, 4) is 5.69 Å². The molecule has 0 radical (unpaired) electrons. The van der Waals surface area contributed by atoms with Gasteiger partial charge >= 0.3 is 5.69 Å². The zero-order valence-corrected chi connectivity index (χ0v) is 20.8. The molecule has 5 aromatic rings. The highest BCUT2D eigenvalue weighted by molar-refractivity contribution is 5.92. The zero-order chi connectivity index (χ0) is 25.9. The van der Waals surface area contributed by atoms with Gasteiger partial charge in [0.25, 0.3) is 5.56 Å². The molecule has 1 amide bonds. The number of fused-ring (bicyclic) bond motifs is 1. The molecule has 0 saturated heterocycles. The van der Waals surface area contributed by atoms with E-state index >= 15 is 0 Å². The lowest BCUT2D eigenvalue weighted by Gasteiger charge is -2.15. The van der Waals surface area contributed by atoms with E-state index in [4.69, 9.17) is 0 Å². The van der Waals surface area contributed by atoms with Crippen LogP contribution in [0.4, 0.5) is 5.69 Å². The maximum absolute atomic E-state index is 13.6. The third-order valence-corrected chi connectivity index (χ3v) is 6.41. The van der Waals surface area contributed by atoms with Crippen molar-refractivity contribution in [1.82, 2.24) is 9.13 Å². The summed E-state index contributed by atoms with van der Waals surface area (Å²) in [6.45, 7) is 4.35. The van der Waals surface area contributed by atoms with Gasteiger partial charge in [0.2, 0.25) is 5.91 Å². The predicted octanol–water partition coefficient (Wildman–Crippen LogP) is 5.00. The molecule has 6 heteroatoms. The van der Waals surface area contributed by atoms with Crippen LogP contribution in [0.1, 0.15) is 22.3 Å². The molecule has 1 N–H and O–H groups in total. The summed E-state index contributed by atoms with van der Waals surface area (Å²) in [5, 5.41) is 3.36.